The van der Waals surface area contributed by atoms with E-state index in [4.69, 9.17) is 0 Å². The quantitative estimate of drug-likeness (QED) is 0.494. The molecule has 31 heavy (non-hydrogen) atoms. The smallest absolute Gasteiger partial charge is 0.332 e. The Hall–Kier alpha value is -3.26. The van der Waals surface area contributed by atoms with E-state index in [9.17, 15) is 19.5 Å². The fraction of sp³-hybridized carbons (Fsp3) is 0.304. The van der Waals surface area contributed by atoms with Gasteiger partial charge in [0.1, 0.15) is 0 Å². The maximum Gasteiger partial charge on any atom is 0.332 e. The van der Waals surface area contributed by atoms with Crippen molar-refractivity contribution in [3.05, 3.63) is 73.2 Å². The molecule has 1 N–H and O–H groups in total. The van der Waals surface area contributed by atoms with Crippen LogP contribution in [0.4, 0.5) is 0 Å². The lowest BCUT2D eigenvalue weighted by atomic mass is 10.1. The number of aromatic nitrogens is 3. The predicted molar refractivity (Wildman–Crippen MR) is 122 cm³/mol. The summed E-state index contributed by atoms with van der Waals surface area (Å²) in [5.41, 5.74) is 2.68. The van der Waals surface area contributed by atoms with Gasteiger partial charge in [-0.15, -0.1) is 0 Å². The molecule has 4 aromatic rings. The maximum atomic E-state index is 13.5. The number of benzene rings is 2. The predicted octanol–water partition coefficient (Wildman–Crippen LogP) is 3.86. The lowest BCUT2D eigenvalue weighted by molar-refractivity contribution is -0.138. The Morgan fingerprint density at radius 2 is 1.94 bits per heavy atom. The molecule has 0 aliphatic carbocycles. The molecule has 0 saturated carbocycles. The first-order valence-electron chi connectivity index (χ1n) is 10.1. The van der Waals surface area contributed by atoms with Crippen LogP contribution < -0.4 is 11.2 Å². The third-order valence-corrected chi connectivity index (χ3v) is 6.46. The maximum absolute atomic E-state index is 13.5. The molecule has 0 aliphatic rings. The number of hydrogen-bond donors (Lipinski definition) is 1. The lowest BCUT2D eigenvalue weighted by Gasteiger charge is -2.19. The van der Waals surface area contributed by atoms with Gasteiger partial charge in [0.15, 0.2) is 0 Å². The van der Waals surface area contributed by atoms with Gasteiger partial charge in [0.2, 0.25) is 0 Å². The van der Waals surface area contributed by atoms with Crippen LogP contribution in [-0.2, 0) is 11.3 Å². The van der Waals surface area contributed by atoms with E-state index in [1.165, 1.54) is 11.5 Å². The number of hydrogen-bond acceptors (Lipinski definition) is 5. The van der Waals surface area contributed by atoms with Gasteiger partial charge in [-0.2, -0.15) is 4.37 Å². The van der Waals surface area contributed by atoms with Crippen molar-refractivity contribution < 1.29 is 9.90 Å². The number of carboxylic acid groups (broad SMARTS) is 1. The van der Waals surface area contributed by atoms with Crippen molar-refractivity contribution >= 4 is 39.3 Å². The van der Waals surface area contributed by atoms with E-state index in [0.717, 1.165) is 31.5 Å². The van der Waals surface area contributed by atoms with Gasteiger partial charge in [-0.3, -0.25) is 18.7 Å². The summed E-state index contributed by atoms with van der Waals surface area (Å²) in [4.78, 5) is 38.9. The Kier molecular flexibility index (Phi) is 5.49. The van der Waals surface area contributed by atoms with Crippen LogP contribution in [-0.4, -0.2) is 24.6 Å². The second kappa shape index (κ2) is 8.11. The Morgan fingerprint density at radius 3 is 2.65 bits per heavy atom. The molecule has 0 saturated heterocycles. The molecule has 0 spiro atoms. The molecule has 8 heteroatoms. The molecular formula is C23H23N3O4S. The molecule has 1 unspecified atom stereocenters. The van der Waals surface area contributed by atoms with E-state index in [1.54, 1.807) is 35.8 Å². The van der Waals surface area contributed by atoms with Gasteiger partial charge in [-0.1, -0.05) is 25.1 Å². The molecule has 0 bridgehead atoms. The van der Waals surface area contributed by atoms with E-state index < -0.39 is 23.3 Å². The highest BCUT2D eigenvalue weighted by Crippen LogP contribution is 2.28. The molecule has 7 nitrogen and oxygen atoms in total. The van der Waals surface area contributed by atoms with Crippen molar-refractivity contribution in [1.82, 2.24) is 13.5 Å². The zero-order chi connectivity index (χ0) is 22.3. The second-order valence-corrected chi connectivity index (χ2v) is 8.66. The first-order chi connectivity index (χ1) is 14.8. The van der Waals surface area contributed by atoms with Crippen molar-refractivity contribution in [2.75, 3.05) is 0 Å². The highest BCUT2D eigenvalue weighted by Gasteiger charge is 2.22. The van der Waals surface area contributed by atoms with Crippen LogP contribution in [0.15, 0.2) is 46.0 Å². The zero-order valence-electron chi connectivity index (χ0n) is 17.6. The molecule has 4 rings (SSSR count). The molecule has 0 radical (unpaired) electrons. The van der Waals surface area contributed by atoms with Gasteiger partial charge >= 0.3 is 11.7 Å². The third kappa shape index (κ3) is 3.67. The number of aryl methyl sites for hydroxylation is 2. The van der Waals surface area contributed by atoms with E-state index in [2.05, 4.69) is 10.4 Å². The molecule has 0 aliphatic heterocycles. The number of rotatable bonds is 6. The number of carbonyl (C=O) groups is 1. The molecule has 0 amide bonds. The highest BCUT2D eigenvalue weighted by molar-refractivity contribution is 7.07. The van der Waals surface area contributed by atoms with Crippen LogP contribution in [0.3, 0.4) is 0 Å². The average Bonchev–Trinajstić information content (AvgIpc) is 3.12. The van der Waals surface area contributed by atoms with Crippen molar-refractivity contribution in [1.29, 1.82) is 0 Å². The van der Waals surface area contributed by atoms with E-state index in [0.29, 0.717) is 17.3 Å². The Morgan fingerprint density at radius 1 is 1.19 bits per heavy atom. The minimum atomic E-state index is -1.04. The number of aliphatic carboxylic acids is 1. The second-order valence-electron chi connectivity index (χ2n) is 7.80. The monoisotopic (exact) mass is 437 g/mol. The number of carboxylic acids is 1. The zero-order valence-corrected chi connectivity index (χ0v) is 18.4. The Bertz CT molecular complexity index is 1430. The summed E-state index contributed by atoms with van der Waals surface area (Å²) in [5.74, 6) is -1.04. The van der Waals surface area contributed by atoms with E-state index >= 15 is 0 Å². The average molecular weight is 438 g/mol. The molecule has 0 fully saturated rings. The van der Waals surface area contributed by atoms with E-state index in [1.807, 2.05) is 19.9 Å². The topological polar surface area (TPSA) is 94.2 Å². The van der Waals surface area contributed by atoms with Gasteiger partial charge in [0.25, 0.3) is 5.56 Å². The van der Waals surface area contributed by atoms with Gasteiger partial charge in [0.05, 0.1) is 40.3 Å². The van der Waals surface area contributed by atoms with Crippen LogP contribution >= 0.6 is 11.5 Å². The summed E-state index contributed by atoms with van der Waals surface area (Å²) < 4.78 is 7.23. The first kappa shape index (κ1) is 21.0. The summed E-state index contributed by atoms with van der Waals surface area (Å²) in [7, 11) is 0. The van der Waals surface area contributed by atoms with Crippen molar-refractivity contribution in [3.8, 4) is 0 Å². The Labute approximate surface area is 182 Å². The summed E-state index contributed by atoms with van der Waals surface area (Å²) >= 11 is 1.34. The van der Waals surface area contributed by atoms with Crippen LogP contribution in [0.2, 0.25) is 0 Å². The molecule has 2 aromatic heterocycles. The molecule has 2 aromatic carbocycles. The normalized spacial score (nSPS) is 12.5. The first-order valence-corrected chi connectivity index (χ1v) is 10.9. The number of fused-ring (bicyclic) bond motifs is 2. The Balaban J connectivity index is 1.97. The highest BCUT2D eigenvalue weighted by atomic mass is 32.1. The molecule has 1 atom stereocenters. The number of nitrogens with zero attached hydrogens (tertiary/aromatic N) is 3. The van der Waals surface area contributed by atoms with Crippen molar-refractivity contribution in [2.45, 2.75) is 46.2 Å². The standard InChI is InChI=1S/C23H23N3O4S/c1-4-15(11-20(27)28)26-22(29)16-7-5-6-8-18(16)25(23(26)30)12-19-21-14(3)9-13(2)10-17(21)24-31-19/h5-10,15H,4,11-12H2,1-3H3,(H,27,28). The fourth-order valence-corrected chi connectivity index (χ4v) is 5.11. The third-order valence-electron chi connectivity index (χ3n) is 5.62. The summed E-state index contributed by atoms with van der Waals surface area (Å²) in [6.45, 7) is 6.08. The van der Waals surface area contributed by atoms with Crippen LogP contribution in [0.1, 0.15) is 41.8 Å². The lowest BCUT2D eigenvalue weighted by Crippen LogP contribution is -2.43. The van der Waals surface area contributed by atoms with E-state index in [-0.39, 0.29) is 13.0 Å². The van der Waals surface area contributed by atoms with Crippen molar-refractivity contribution in [3.63, 3.8) is 0 Å². The summed E-state index contributed by atoms with van der Waals surface area (Å²) in [6.07, 6.45) is 0.0769. The molecule has 160 valence electrons. The minimum absolute atomic E-state index is 0.258. The minimum Gasteiger partial charge on any atom is -0.481 e. The van der Waals surface area contributed by atoms with Crippen LogP contribution in [0.25, 0.3) is 21.8 Å². The molecular weight excluding hydrogens is 414 g/mol. The number of para-hydroxylation sites is 1. The van der Waals surface area contributed by atoms with Gasteiger partial charge in [-0.25, -0.2) is 4.79 Å². The summed E-state index contributed by atoms with van der Waals surface area (Å²) in [6, 6.07) is 10.4. The SMILES string of the molecule is CCC(CC(=O)O)n1c(=O)c2ccccc2n(Cc2snc3cc(C)cc(C)c23)c1=O. The summed E-state index contributed by atoms with van der Waals surface area (Å²) in [5, 5.41) is 10.7. The largest absolute Gasteiger partial charge is 0.481 e. The van der Waals surface area contributed by atoms with Gasteiger partial charge < -0.3 is 5.11 Å². The van der Waals surface area contributed by atoms with Gasteiger partial charge in [0, 0.05) is 5.39 Å². The van der Waals surface area contributed by atoms with Crippen molar-refractivity contribution in [2.24, 2.45) is 0 Å². The van der Waals surface area contributed by atoms with Crippen LogP contribution in [0.5, 0.6) is 0 Å². The van der Waals surface area contributed by atoms with Gasteiger partial charge in [-0.05, 0) is 61.1 Å². The molecule has 2 heterocycles. The fourth-order valence-electron chi connectivity index (χ4n) is 4.22. The van der Waals surface area contributed by atoms with Crippen LogP contribution in [0, 0.1) is 13.8 Å².